The summed E-state index contributed by atoms with van der Waals surface area (Å²) in [4.78, 5) is 35.7. The minimum Gasteiger partial charge on any atom is -0.480 e. The Labute approximate surface area is 112 Å². The molecule has 6 nitrogen and oxygen atoms in total. The summed E-state index contributed by atoms with van der Waals surface area (Å²) in [5, 5.41) is 11.5. The summed E-state index contributed by atoms with van der Waals surface area (Å²) < 4.78 is 0. The van der Waals surface area contributed by atoms with Gasteiger partial charge in [0.15, 0.2) is 0 Å². The maximum absolute atomic E-state index is 12.0. The van der Waals surface area contributed by atoms with Crippen LogP contribution in [0.15, 0.2) is 12.7 Å². The zero-order valence-electron chi connectivity index (χ0n) is 11.1. The van der Waals surface area contributed by atoms with Gasteiger partial charge in [0.2, 0.25) is 11.8 Å². The summed E-state index contributed by atoms with van der Waals surface area (Å²) in [5.41, 5.74) is 0. The molecule has 0 aliphatic carbocycles. The lowest BCUT2D eigenvalue weighted by Crippen LogP contribution is -2.47. The van der Waals surface area contributed by atoms with Gasteiger partial charge in [-0.05, 0) is 19.3 Å². The van der Waals surface area contributed by atoms with Crippen molar-refractivity contribution >= 4 is 17.8 Å². The first-order valence-corrected chi connectivity index (χ1v) is 6.35. The van der Waals surface area contributed by atoms with E-state index in [9.17, 15) is 14.4 Å². The van der Waals surface area contributed by atoms with E-state index in [0.717, 1.165) is 0 Å². The minimum absolute atomic E-state index is 0.00827. The molecule has 0 bridgehead atoms. The van der Waals surface area contributed by atoms with Crippen molar-refractivity contribution in [2.75, 3.05) is 13.1 Å². The number of carbonyl (C=O) groups excluding carboxylic acids is 2. The molecule has 0 aromatic rings. The molecular formula is C13H20N2O4. The second-order valence-corrected chi connectivity index (χ2v) is 4.70. The fraction of sp³-hybridized carbons (Fsp3) is 0.615. The lowest BCUT2D eigenvalue weighted by molar-refractivity contribution is -0.142. The van der Waals surface area contributed by atoms with Gasteiger partial charge in [-0.3, -0.25) is 9.59 Å². The molecule has 0 aromatic heterocycles. The first-order valence-electron chi connectivity index (χ1n) is 6.35. The van der Waals surface area contributed by atoms with Crippen LogP contribution in [0.4, 0.5) is 0 Å². The van der Waals surface area contributed by atoms with Crippen LogP contribution in [0.3, 0.4) is 0 Å². The number of carboxylic acid groups (broad SMARTS) is 1. The smallest absolute Gasteiger partial charge is 0.326 e. The van der Waals surface area contributed by atoms with E-state index in [1.165, 1.54) is 13.0 Å². The molecule has 0 aromatic carbocycles. The Morgan fingerprint density at radius 1 is 1.42 bits per heavy atom. The van der Waals surface area contributed by atoms with Crippen molar-refractivity contribution in [2.45, 2.75) is 32.2 Å². The summed E-state index contributed by atoms with van der Waals surface area (Å²) in [6, 6.07) is -0.921. The molecule has 106 valence electrons. The Bertz CT molecular complexity index is 373. The maximum Gasteiger partial charge on any atom is 0.326 e. The lowest BCUT2D eigenvalue weighted by atomic mass is 9.95. The van der Waals surface area contributed by atoms with E-state index in [4.69, 9.17) is 5.11 Å². The standard InChI is InChI=1S/C13H20N2O4/c1-3-4-11(13(18)19)14-12(17)10-5-7-15(8-6-10)9(2)16/h3,10-11H,1,4-8H2,2H3,(H,14,17)(H,18,19). The van der Waals surface area contributed by atoms with Gasteiger partial charge in [-0.1, -0.05) is 6.08 Å². The van der Waals surface area contributed by atoms with Gasteiger partial charge in [0.1, 0.15) is 6.04 Å². The first kappa shape index (κ1) is 15.2. The van der Waals surface area contributed by atoms with Crippen molar-refractivity contribution in [3.05, 3.63) is 12.7 Å². The van der Waals surface area contributed by atoms with Gasteiger partial charge in [0.25, 0.3) is 0 Å². The van der Waals surface area contributed by atoms with E-state index in [1.54, 1.807) is 4.90 Å². The Hall–Kier alpha value is -1.85. The average molecular weight is 268 g/mol. The summed E-state index contributed by atoms with van der Waals surface area (Å²) in [5.74, 6) is -1.52. The van der Waals surface area contributed by atoms with Crippen LogP contribution < -0.4 is 5.32 Å². The van der Waals surface area contributed by atoms with Gasteiger partial charge in [-0.15, -0.1) is 6.58 Å². The molecule has 1 aliphatic heterocycles. The molecule has 0 saturated carbocycles. The van der Waals surface area contributed by atoms with Crippen LogP contribution in [0.2, 0.25) is 0 Å². The van der Waals surface area contributed by atoms with Gasteiger partial charge < -0.3 is 15.3 Å². The first-order chi connectivity index (χ1) is 8.95. The molecule has 2 N–H and O–H groups in total. The van der Waals surface area contributed by atoms with Crippen LogP contribution in [0.5, 0.6) is 0 Å². The molecule has 1 atom stereocenters. The zero-order valence-corrected chi connectivity index (χ0v) is 11.1. The predicted molar refractivity (Wildman–Crippen MR) is 69.4 cm³/mol. The van der Waals surface area contributed by atoms with Gasteiger partial charge in [-0.25, -0.2) is 4.79 Å². The van der Waals surface area contributed by atoms with Crippen molar-refractivity contribution in [3.8, 4) is 0 Å². The molecule has 19 heavy (non-hydrogen) atoms. The van der Waals surface area contributed by atoms with E-state index in [1.807, 2.05) is 0 Å². The largest absolute Gasteiger partial charge is 0.480 e. The Kier molecular flexibility index (Phi) is 5.54. The summed E-state index contributed by atoms with van der Waals surface area (Å²) >= 11 is 0. The normalized spacial score (nSPS) is 17.6. The third-order valence-electron chi connectivity index (χ3n) is 3.33. The van der Waals surface area contributed by atoms with Gasteiger partial charge in [0.05, 0.1) is 0 Å². The van der Waals surface area contributed by atoms with Crippen molar-refractivity contribution in [1.82, 2.24) is 10.2 Å². The fourth-order valence-electron chi connectivity index (χ4n) is 2.13. The Balaban J connectivity index is 2.48. The molecule has 1 rings (SSSR count). The van der Waals surface area contributed by atoms with Crippen molar-refractivity contribution in [1.29, 1.82) is 0 Å². The number of carbonyl (C=O) groups is 3. The number of hydrogen-bond donors (Lipinski definition) is 2. The van der Waals surface area contributed by atoms with E-state index in [-0.39, 0.29) is 24.2 Å². The number of likely N-dealkylation sites (tertiary alicyclic amines) is 1. The highest BCUT2D eigenvalue weighted by Crippen LogP contribution is 2.17. The third kappa shape index (κ3) is 4.39. The van der Waals surface area contributed by atoms with Crippen LogP contribution in [0.25, 0.3) is 0 Å². The van der Waals surface area contributed by atoms with E-state index >= 15 is 0 Å². The summed E-state index contributed by atoms with van der Waals surface area (Å²) in [6.07, 6.45) is 2.82. The lowest BCUT2D eigenvalue weighted by Gasteiger charge is -2.31. The summed E-state index contributed by atoms with van der Waals surface area (Å²) in [6.45, 7) is 6.07. The van der Waals surface area contributed by atoms with Crippen molar-refractivity contribution in [2.24, 2.45) is 5.92 Å². The van der Waals surface area contributed by atoms with Gasteiger partial charge in [-0.2, -0.15) is 0 Å². The number of aliphatic carboxylic acids is 1. The van der Waals surface area contributed by atoms with Crippen molar-refractivity contribution in [3.63, 3.8) is 0 Å². The molecule has 1 unspecified atom stereocenters. The molecular weight excluding hydrogens is 248 g/mol. The van der Waals surface area contributed by atoms with Gasteiger partial charge >= 0.3 is 5.97 Å². The number of nitrogens with zero attached hydrogens (tertiary/aromatic N) is 1. The number of rotatable bonds is 5. The SMILES string of the molecule is C=CCC(NC(=O)C1CCN(C(C)=O)CC1)C(=O)O. The zero-order chi connectivity index (χ0) is 14.4. The average Bonchev–Trinajstić information content (AvgIpc) is 2.38. The predicted octanol–water partition coefficient (Wildman–Crippen LogP) is 0.390. The van der Waals surface area contributed by atoms with Gasteiger partial charge in [0, 0.05) is 25.9 Å². The number of hydrogen-bond acceptors (Lipinski definition) is 3. The van der Waals surface area contributed by atoms with E-state index in [0.29, 0.717) is 25.9 Å². The van der Waals surface area contributed by atoms with Crippen LogP contribution in [-0.4, -0.2) is 46.9 Å². The molecule has 1 aliphatic rings. The Morgan fingerprint density at radius 3 is 2.42 bits per heavy atom. The van der Waals surface area contributed by atoms with Crippen LogP contribution >= 0.6 is 0 Å². The second kappa shape index (κ2) is 6.92. The molecule has 2 amide bonds. The van der Waals surface area contributed by atoms with Crippen LogP contribution in [-0.2, 0) is 14.4 Å². The third-order valence-corrected chi connectivity index (χ3v) is 3.33. The fourth-order valence-corrected chi connectivity index (χ4v) is 2.13. The monoisotopic (exact) mass is 268 g/mol. The molecule has 0 spiro atoms. The molecule has 1 saturated heterocycles. The van der Waals surface area contributed by atoms with Crippen molar-refractivity contribution < 1.29 is 19.5 Å². The molecule has 1 fully saturated rings. The minimum atomic E-state index is -1.06. The molecule has 6 heteroatoms. The van der Waals surface area contributed by atoms with E-state index in [2.05, 4.69) is 11.9 Å². The number of carboxylic acids is 1. The highest BCUT2D eigenvalue weighted by atomic mass is 16.4. The molecule has 0 radical (unpaired) electrons. The van der Waals surface area contributed by atoms with Crippen LogP contribution in [0.1, 0.15) is 26.2 Å². The quantitative estimate of drug-likeness (QED) is 0.706. The highest BCUT2D eigenvalue weighted by Gasteiger charge is 2.28. The second-order valence-electron chi connectivity index (χ2n) is 4.70. The highest BCUT2D eigenvalue weighted by molar-refractivity contribution is 5.85. The van der Waals surface area contributed by atoms with Crippen LogP contribution in [0, 0.1) is 5.92 Å². The van der Waals surface area contributed by atoms with E-state index < -0.39 is 12.0 Å². The topological polar surface area (TPSA) is 86.7 Å². The molecule has 1 heterocycles. The number of nitrogens with one attached hydrogen (secondary N) is 1. The Morgan fingerprint density at radius 2 is 2.00 bits per heavy atom. The number of piperidine rings is 1. The maximum atomic E-state index is 12.0. The summed E-state index contributed by atoms with van der Waals surface area (Å²) in [7, 11) is 0. The number of amides is 2.